The first kappa shape index (κ1) is 16.1. The molecule has 0 radical (unpaired) electrons. The van der Waals surface area contributed by atoms with E-state index >= 15 is 0 Å². The predicted molar refractivity (Wildman–Crippen MR) is 78.0 cm³/mol. The lowest BCUT2D eigenvalue weighted by Gasteiger charge is -2.27. The summed E-state index contributed by atoms with van der Waals surface area (Å²) in [5.41, 5.74) is 6.55. The number of hydrogen-bond acceptors (Lipinski definition) is 3. The number of rotatable bonds is 3. The summed E-state index contributed by atoms with van der Waals surface area (Å²) in [4.78, 5) is 11.8. The van der Waals surface area contributed by atoms with Crippen molar-refractivity contribution in [1.29, 1.82) is 0 Å². The largest absolute Gasteiger partial charge is 0.492 e. The third kappa shape index (κ3) is 4.00. The quantitative estimate of drug-likeness (QED) is 0.901. The van der Waals surface area contributed by atoms with Gasteiger partial charge in [0, 0.05) is 24.4 Å². The van der Waals surface area contributed by atoms with E-state index in [-0.39, 0.29) is 30.4 Å². The van der Waals surface area contributed by atoms with Gasteiger partial charge in [-0.25, -0.2) is 0 Å². The molecule has 106 valence electrons. The zero-order chi connectivity index (χ0) is 13.1. The third-order valence-electron chi connectivity index (χ3n) is 2.87. The third-order valence-corrected chi connectivity index (χ3v) is 3.17. The molecule has 6 heteroatoms. The summed E-state index contributed by atoms with van der Waals surface area (Å²) in [7, 11) is 0. The number of para-hydroxylation sites is 1. The molecule has 0 saturated heterocycles. The molecule has 0 bridgehead atoms. The molecule has 0 fully saturated rings. The smallest absolute Gasteiger partial charge is 0.222 e. The molecule has 2 unspecified atom stereocenters. The first-order valence-corrected chi connectivity index (χ1v) is 6.42. The van der Waals surface area contributed by atoms with E-state index in [1.54, 1.807) is 6.07 Å². The number of nitrogens with one attached hydrogen (secondary N) is 1. The summed E-state index contributed by atoms with van der Waals surface area (Å²) >= 11 is 6.07. The molecule has 0 spiro atoms. The molecular formula is C13H18Cl2N2O2. The predicted octanol–water partition coefficient (Wildman–Crippen LogP) is 2.44. The van der Waals surface area contributed by atoms with E-state index in [1.165, 1.54) is 0 Å². The molecule has 3 N–H and O–H groups in total. The highest BCUT2D eigenvalue weighted by atomic mass is 35.5. The normalized spacial score (nSPS) is 18.6. The highest BCUT2D eigenvalue weighted by Gasteiger charge is 2.24. The van der Waals surface area contributed by atoms with Gasteiger partial charge in [-0.05, 0) is 13.0 Å². The Balaban J connectivity index is 0.00000180. The van der Waals surface area contributed by atoms with Crippen LogP contribution in [0, 0.1) is 0 Å². The fraction of sp³-hybridized carbons (Fsp3) is 0.462. The number of fused-ring (bicyclic) bond motifs is 1. The first-order chi connectivity index (χ1) is 8.58. The van der Waals surface area contributed by atoms with Gasteiger partial charge in [-0.3, -0.25) is 4.79 Å². The van der Waals surface area contributed by atoms with Crippen LogP contribution in [0.2, 0.25) is 5.02 Å². The summed E-state index contributed by atoms with van der Waals surface area (Å²) < 4.78 is 5.54. The Morgan fingerprint density at radius 3 is 3.05 bits per heavy atom. The maximum atomic E-state index is 11.8. The number of benzene rings is 1. The molecule has 1 aliphatic rings. The molecule has 1 amide bonds. The van der Waals surface area contributed by atoms with E-state index < -0.39 is 0 Å². The second-order valence-corrected chi connectivity index (χ2v) is 5.00. The van der Waals surface area contributed by atoms with Gasteiger partial charge < -0.3 is 15.8 Å². The van der Waals surface area contributed by atoms with Crippen molar-refractivity contribution in [3.05, 3.63) is 28.8 Å². The fourth-order valence-corrected chi connectivity index (χ4v) is 2.32. The Bertz CT molecular complexity index is 452. The minimum Gasteiger partial charge on any atom is -0.492 e. The van der Waals surface area contributed by atoms with Crippen LogP contribution < -0.4 is 15.8 Å². The molecule has 0 aromatic heterocycles. The van der Waals surface area contributed by atoms with Crippen LogP contribution in [0.1, 0.15) is 31.4 Å². The molecule has 0 saturated carbocycles. The SMILES string of the molecule is CC(N)CC(=O)NC1CCOc2c(Cl)cccc21.Cl. The van der Waals surface area contributed by atoms with Crippen LogP contribution in [0.4, 0.5) is 0 Å². The molecule has 2 atom stereocenters. The van der Waals surface area contributed by atoms with Gasteiger partial charge in [0.15, 0.2) is 0 Å². The lowest BCUT2D eigenvalue weighted by atomic mass is 10.00. The zero-order valence-corrected chi connectivity index (χ0v) is 12.3. The topological polar surface area (TPSA) is 64.4 Å². The monoisotopic (exact) mass is 304 g/mol. The summed E-state index contributed by atoms with van der Waals surface area (Å²) in [6, 6.07) is 5.40. The number of nitrogens with two attached hydrogens (primary N) is 1. The standard InChI is InChI=1S/C13H17ClN2O2.ClH/c1-8(15)7-12(17)16-11-5-6-18-13-9(11)3-2-4-10(13)14;/h2-4,8,11H,5-7,15H2,1H3,(H,16,17);1H. The van der Waals surface area contributed by atoms with Gasteiger partial charge in [0.05, 0.1) is 17.7 Å². The van der Waals surface area contributed by atoms with Crippen LogP contribution in [0.15, 0.2) is 18.2 Å². The van der Waals surface area contributed by atoms with Gasteiger partial charge >= 0.3 is 0 Å². The van der Waals surface area contributed by atoms with Crippen LogP contribution in [0.25, 0.3) is 0 Å². The molecule has 1 aliphatic heterocycles. The van der Waals surface area contributed by atoms with Crippen molar-refractivity contribution in [3.63, 3.8) is 0 Å². The van der Waals surface area contributed by atoms with E-state index in [9.17, 15) is 4.79 Å². The van der Waals surface area contributed by atoms with Crippen LogP contribution in [-0.2, 0) is 4.79 Å². The number of ether oxygens (including phenoxy) is 1. The lowest BCUT2D eigenvalue weighted by Crippen LogP contribution is -2.35. The lowest BCUT2D eigenvalue weighted by molar-refractivity contribution is -0.122. The van der Waals surface area contributed by atoms with E-state index in [0.29, 0.717) is 23.8 Å². The number of halogens is 2. The van der Waals surface area contributed by atoms with E-state index in [2.05, 4.69) is 5.32 Å². The summed E-state index contributed by atoms with van der Waals surface area (Å²) in [5, 5.41) is 3.56. The van der Waals surface area contributed by atoms with Gasteiger partial charge in [0.25, 0.3) is 0 Å². The number of carbonyl (C=O) groups is 1. The Morgan fingerprint density at radius 1 is 1.63 bits per heavy atom. The van der Waals surface area contributed by atoms with Crippen molar-refractivity contribution in [2.75, 3.05) is 6.61 Å². The molecule has 2 rings (SSSR count). The molecule has 1 heterocycles. The Hall–Kier alpha value is -0.970. The Kier molecular flexibility index (Phi) is 5.91. The van der Waals surface area contributed by atoms with E-state index in [4.69, 9.17) is 22.1 Å². The van der Waals surface area contributed by atoms with Crippen molar-refractivity contribution < 1.29 is 9.53 Å². The second kappa shape index (κ2) is 6.98. The number of hydrogen-bond donors (Lipinski definition) is 2. The average molecular weight is 305 g/mol. The van der Waals surface area contributed by atoms with Crippen LogP contribution >= 0.6 is 24.0 Å². The van der Waals surface area contributed by atoms with Crippen LogP contribution in [0.3, 0.4) is 0 Å². The molecule has 4 nitrogen and oxygen atoms in total. The van der Waals surface area contributed by atoms with Crippen LogP contribution in [0.5, 0.6) is 5.75 Å². The first-order valence-electron chi connectivity index (χ1n) is 6.04. The highest BCUT2D eigenvalue weighted by molar-refractivity contribution is 6.32. The molecule has 19 heavy (non-hydrogen) atoms. The number of carbonyl (C=O) groups excluding carboxylic acids is 1. The maximum absolute atomic E-state index is 11.8. The van der Waals surface area contributed by atoms with Crippen molar-refractivity contribution >= 4 is 29.9 Å². The van der Waals surface area contributed by atoms with Crippen molar-refractivity contribution in [3.8, 4) is 5.75 Å². The Morgan fingerprint density at radius 2 is 2.37 bits per heavy atom. The summed E-state index contributed by atoms with van der Waals surface area (Å²) in [6.45, 7) is 2.37. The molecular weight excluding hydrogens is 287 g/mol. The maximum Gasteiger partial charge on any atom is 0.222 e. The van der Waals surface area contributed by atoms with Gasteiger partial charge in [-0.1, -0.05) is 23.7 Å². The molecule has 0 aliphatic carbocycles. The van der Waals surface area contributed by atoms with Crippen molar-refractivity contribution in [2.45, 2.75) is 31.8 Å². The van der Waals surface area contributed by atoms with E-state index in [0.717, 1.165) is 12.0 Å². The molecule has 1 aromatic rings. The van der Waals surface area contributed by atoms with Gasteiger partial charge in [0.2, 0.25) is 5.91 Å². The minimum absolute atomic E-state index is 0. The van der Waals surface area contributed by atoms with Gasteiger partial charge in [-0.15, -0.1) is 12.4 Å². The second-order valence-electron chi connectivity index (χ2n) is 4.60. The van der Waals surface area contributed by atoms with Gasteiger partial charge in [-0.2, -0.15) is 0 Å². The number of amides is 1. The summed E-state index contributed by atoms with van der Waals surface area (Å²) in [5.74, 6) is 0.638. The minimum atomic E-state index is -0.135. The summed E-state index contributed by atoms with van der Waals surface area (Å²) in [6.07, 6.45) is 1.07. The van der Waals surface area contributed by atoms with Crippen molar-refractivity contribution in [1.82, 2.24) is 5.32 Å². The Labute approximate surface area is 124 Å². The van der Waals surface area contributed by atoms with Crippen LogP contribution in [-0.4, -0.2) is 18.6 Å². The fourth-order valence-electron chi connectivity index (χ4n) is 2.08. The highest BCUT2D eigenvalue weighted by Crippen LogP contribution is 2.37. The van der Waals surface area contributed by atoms with Crippen molar-refractivity contribution in [2.24, 2.45) is 5.73 Å². The average Bonchev–Trinajstić information content (AvgIpc) is 2.29. The zero-order valence-electron chi connectivity index (χ0n) is 10.7. The van der Waals surface area contributed by atoms with E-state index in [1.807, 2.05) is 19.1 Å². The molecule has 1 aromatic carbocycles. The van der Waals surface area contributed by atoms with Gasteiger partial charge in [0.1, 0.15) is 5.75 Å².